The molecule has 1 fully saturated rings. The molecular formula is C21H27N3O2. The number of rotatable bonds is 5. The second-order valence-electron chi connectivity index (χ2n) is 6.65. The molecule has 0 aliphatic carbocycles. The fraction of sp³-hybridized carbons (Fsp3) is 0.381. The molecule has 2 aromatic rings. The number of benzene rings is 2. The summed E-state index contributed by atoms with van der Waals surface area (Å²) in [5.74, 6) is 0.848. The molecule has 0 unspecified atom stereocenters. The van der Waals surface area contributed by atoms with E-state index in [4.69, 9.17) is 4.74 Å². The van der Waals surface area contributed by atoms with Crippen molar-refractivity contribution in [2.24, 2.45) is 0 Å². The normalized spacial score (nSPS) is 14.2. The van der Waals surface area contributed by atoms with Crippen molar-refractivity contribution in [3.05, 3.63) is 59.7 Å². The van der Waals surface area contributed by atoms with E-state index in [2.05, 4.69) is 47.5 Å². The highest BCUT2D eigenvalue weighted by atomic mass is 16.5. The molecule has 0 radical (unpaired) electrons. The number of hydrogen-bond donors (Lipinski definition) is 1. The summed E-state index contributed by atoms with van der Waals surface area (Å²) in [5.41, 5.74) is 3.66. The molecule has 2 aromatic carbocycles. The van der Waals surface area contributed by atoms with E-state index in [-0.39, 0.29) is 6.03 Å². The largest absolute Gasteiger partial charge is 0.497 e. The van der Waals surface area contributed by atoms with Crippen LogP contribution in [0.4, 0.5) is 10.5 Å². The Morgan fingerprint density at radius 3 is 2.58 bits per heavy atom. The zero-order valence-electron chi connectivity index (χ0n) is 15.6. The van der Waals surface area contributed by atoms with Crippen molar-refractivity contribution < 1.29 is 9.53 Å². The maximum atomic E-state index is 12.4. The van der Waals surface area contributed by atoms with Crippen LogP contribution in [0.25, 0.3) is 0 Å². The van der Waals surface area contributed by atoms with Crippen molar-refractivity contribution in [1.82, 2.24) is 10.2 Å². The van der Waals surface area contributed by atoms with Gasteiger partial charge in [0.25, 0.3) is 0 Å². The first-order chi connectivity index (χ1) is 12.7. The van der Waals surface area contributed by atoms with Crippen LogP contribution in [0.15, 0.2) is 48.5 Å². The van der Waals surface area contributed by atoms with E-state index in [9.17, 15) is 4.79 Å². The molecule has 0 saturated carbocycles. The van der Waals surface area contributed by atoms with Gasteiger partial charge in [-0.05, 0) is 48.7 Å². The smallest absolute Gasteiger partial charge is 0.317 e. The molecule has 1 aliphatic rings. The highest BCUT2D eigenvalue weighted by Crippen LogP contribution is 2.18. The van der Waals surface area contributed by atoms with Gasteiger partial charge in [-0.3, -0.25) is 0 Å². The van der Waals surface area contributed by atoms with E-state index in [1.54, 1.807) is 7.11 Å². The second kappa shape index (κ2) is 8.61. The lowest BCUT2D eigenvalue weighted by molar-refractivity contribution is 0.194. The Morgan fingerprint density at radius 2 is 1.85 bits per heavy atom. The van der Waals surface area contributed by atoms with E-state index in [1.807, 2.05) is 23.1 Å². The summed E-state index contributed by atoms with van der Waals surface area (Å²) in [5, 5.41) is 3.03. The number of ether oxygens (including phenoxy) is 1. The molecule has 0 spiro atoms. The summed E-state index contributed by atoms with van der Waals surface area (Å²) >= 11 is 0. The number of hydrogen-bond acceptors (Lipinski definition) is 3. The van der Waals surface area contributed by atoms with Gasteiger partial charge in [-0.15, -0.1) is 0 Å². The van der Waals surface area contributed by atoms with Crippen molar-refractivity contribution in [2.45, 2.75) is 13.3 Å². The van der Waals surface area contributed by atoms with Crippen molar-refractivity contribution in [1.29, 1.82) is 0 Å². The third kappa shape index (κ3) is 4.69. The van der Waals surface area contributed by atoms with Crippen LogP contribution < -0.4 is 15.0 Å². The molecule has 0 bridgehead atoms. The van der Waals surface area contributed by atoms with E-state index in [1.165, 1.54) is 11.3 Å². The highest BCUT2D eigenvalue weighted by molar-refractivity contribution is 5.74. The predicted octanol–water partition coefficient (Wildman–Crippen LogP) is 3.08. The fourth-order valence-corrected chi connectivity index (χ4v) is 3.25. The monoisotopic (exact) mass is 353 g/mol. The van der Waals surface area contributed by atoms with Gasteiger partial charge < -0.3 is 19.9 Å². The van der Waals surface area contributed by atoms with Crippen LogP contribution in [-0.2, 0) is 6.42 Å². The van der Waals surface area contributed by atoms with Crippen LogP contribution >= 0.6 is 0 Å². The molecular weight excluding hydrogens is 326 g/mol. The number of carbonyl (C=O) groups excluding carboxylic acids is 1. The van der Waals surface area contributed by atoms with Crippen molar-refractivity contribution in [3.63, 3.8) is 0 Å². The van der Waals surface area contributed by atoms with E-state index in [0.717, 1.165) is 43.9 Å². The highest BCUT2D eigenvalue weighted by Gasteiger charge is 2.20. The van der Waals surface area contributed by atoms with Crippen LogP contribution in [0.5, 0.6) is 5.75 Å². The second-order valence-corrected chi connectivity index (χ2v) is 6.65. The first-order valence-corrected chi connectivity index (χ1v) is 9.13. The molecule has 5 nitrogen and oxygen atoms in total. The summed E-state index contributed by atoms with van der Waals surface area (Å²) in [6, 6.07) is 16.5. The number of methoxy groups -OCH3 is 1. The number of nitrogens with one attached hydrogen (secondary N) is 1. The lowest BCUT2D eigenvalue weighted by Gasteiger charge is -2.36. The maximum Gasteiger partial charge on any atom is 0.317 e. The molecule has 1 heterocycles. The van der Waals surface area contributed by atoms with Crippen LogP contribution in [0.1, 0.15) is 11.1 Å². The van der Waals surface area contributed by atoms with Gasteiger partial charge in [0.05, 0.1) is 7.11 Å². The van der Waals surface area contributed by atoms with Gasteiger partial charge in [-0.1, -0.05) is 24.3 Å². The van der Waals surface area contributed by atoms with E-state index >= 15 is 0 Å². The van der Waals surface area contributed by atoms with Gasteiger partial charge in [0.1, 0.15) is 5.75 Å². The zero-order valence-corrected chi connectivity index (χ0v) is 15.6. The minimum atomic E-state index is 0.0248. The third-order valence-corrected chi connectivity index (χ3v) is 4.76. The summed E-state index contributed by atoms with van der Waals surface area (Å²) in [6.45, 7) is 5.97. The molecule has 1 N–H and O–H groups in total. The Bertz CT molecular complexity index is 740. The predicted molar refractivity (Wildman–Crippen MR) is 105 cm³/mol. The first kappa shape index (κ1) is 18.1. The van der Waals surface area contributed by atoms with Gasteiger partial charge >= 0.3 is 6.03 Å². The first-order valence-electron chi connectivity index (χ1n) is 9.13. The number of amides is 2. The molecule has 2 amide bonds. The number of nitrogens with zero attached hydrogens (tertiary/aromatic N) is 2. The quantitative estimate of drug-likeness (QED) is 0.898. The molecule has 0 aromatic heterocycles. The lowest BCUT2D eigenvalue weighted by Crippen LogP contribution is -2.52. The standard InChI is InChI=1S/C21H27N3O2/c1-17-5-3-7-19(15-17)23-11-13-24(14-12-23)21(25)22-10-9-18-6-4-8-20(16-18)26-2/h3-8,15-16H,9-14H2,1-2H3,(H,22,25). The Labute approximate surface area is 155 Å². The molecule has 0 atom stereocenters. The minimum Gasteiger partial charge on any atom is -0.497 e. The summed E-state index contributed by atoms with van der Waals surface area (Å²) in [7, 11) is 1.66. The number of carbonyl (C=O) groups is 1. The van der Waals surface area contributed by atoms with Crippen LogP contribution in [0.2, 0.25) is 0 Å². The molecule has 5 heteroatoms. The van der Waals surface area contributed by atoms with Gasteiger partial charge in [-0.2, -0.15) is 0 Å². The minimum absolute atomic E-state index is 0.0248. The Balaban J connectivity index is 1.43. The van der Waals surface area contributed by atoms with Crippen molar-refractivity contribution in [2.75, 3.05) is 44.7 Å². The number of urea groups is 1. The van der Waals surface area contributed by atoms with Crippen molar-refractivity contribution >= 4 is 11.7 Å². The summed E-state index contributed by atoms with van der Waals surface area (Å²) < 4.78 is 5.23. The Kier molecular flexibility index (Phi) is 6.00. The number of anilines is 1. The Hall–Kier alpha value is -2.69. The average Bonchev–Trinajstić information content (AvgIpc) is 2.68. The van der Waals surface area contributed by atoms with Gasteiger partial charge in [0.2, 0.25) is 0 Å². The van der Waals surface area contributed by atoms with Crippen LogP contribution in [0, 0.1) is 6.92 Å². The third-order valence-electron chi connectivity index (χ3n) is 4.76. The maximum absolute atomic E-state index is 12.4. The fourth-order valence-electron chi connectivity index (χ4n) is 3.25. The van der Waals surface area contributed by atoms with Gasteiger partial charge in [0.15, 0.2) is 0 Å². The topological polar surface area (TPSA) is 44.8 Å². The summed E-state index contributed by atoms with van der Waals surface area (Å²) in [6.07, 6.45) is 0.798. The van der Waals surface area contributed by atoms with Gasteiger partial charge in [-0.25, -0.2) is 4.79 Å². The van der Waals surface area contributed by atoms with E-state index < -0.39 is 0 Å². The summed E-state index contributed by atoms with van der Waals surface area (Å²) in [4.78, 5) is 16.6. The SMILES string of the molecule is COc1cccc(CCNC(=O)N2CCN(c3cccc(C)c3)CC2)c1. The lowest BCUT2D eigenvalue weighted by atomic mass is 10.1. The van der Waals surface area contributed by atoms with Gasteiger partial charge in [0, 0.05) is 38.4 Å². The number of piperazine rings is 1. The molecule has 1 aliphatic heterocycles. The zero-order chi connectivity index (χ0) is 18.4. The molecule has 3 rings (SSSR count). The van der Waals surface area contributed by atoms with E-state index in [0.29, 0.717) is 6.54 Å². The van der Waals surface area contributed by atoms with Crippen LogP contribution in [0.3, 0.4) is 0 Å². The number of aryl methyl sites for hydroxylation is 1. The van der Waals surface area contributed by atoms with Crippen LogP contribution in [-0.4, -0.2) is 50.8 Å². The van der Waals surface area contributed by atoms with Crippen molar-refractivity contribution in [3.8, 4) is 5.75 Å². The Morgan fingerprint density at radius 1 is 1.08 bits per heavy atom. The average molecular weight is 353 g/mol. The molecule has 26 heavy (non-hydrogen) atoms. The molecule has 1 saturated heterocycles. The molecule has 138 valence electrons.